The molecule has 0 amide bonds. The lowest BCUT2D eigenvalue weighted by Crippen LogP contribution is -2.05. The Hall–Kier alpha value is -2.19. The molecule has 0 aliphatic heterocycles. The van der Waals surface area contributed by atoms with Crippen LogP contribution in [0, 0.1) is 5.82 Å². The maximum Gasteiger partial charge on any atom is 0.192 e. The maximum atomic E-state index is 13.8. The van der Waals surface area contributed by atoms with Gasteiger partial charge in [0.15, 0.2) is 28.3 Å². The summed E-state index contributed by atoms with van der Waals surface area (Å²) in [4.78, 5) is 13.5. The van der Waals surface area contributed by atoms with E-state index in [1.807, 2.05) is 17.5 Å². The second kappa shape index (κ2) is 7.20. The Labute approximate surface area is 158 Å². The van der Waals surface area contributed by atoms with Crippen LogP contribution in [0.2, 0.25) is 0 Å². The Morgan fingerprint density at radius 1 is 1.38 bits per heavy atom. The number of halogens is 1. The van der Waals surface area contributed by atoms with Crippen LogP contribution in [0.15, 0.2) is 40.9 Å². The predicted octanol–water partition coefficient (Wildman–Crippen LogP) is 4.46. The zero-order valence-corrected chi connectivity index (χ0v) is 15.6. The quantitative estimate of drug-likeness (QED) is 0.441. The number of Topliss-reactive ketones (excluding diaryl/α,β-unsaturated/α-hetero) is 1. The third-order valence-electron chi connectivity index (χ3n) is 4.12. The highest BCUT2D eigenvalue weighted by molar-refractivity contribution is 7.99. The van der Waals surface area contributed by atoms with Gasteiger partial charge in [-0.2, -0.15) is 0 Å². The molecule has 0 bridgehead atoms. The van der Waals surface area contributed by atoms with E-state index >= 15 is 0 Å². The van der Waals surface area contributed by atoms with Crippen molar-refractivity contribution in [2.75, 3.05) is 12.9 Å². The molecular formula is C18H16FN3O2S2. The molecule has 0 atom stereocenters. The molecule has 1 fully saturated rings. The first-order valence-corrected chi connectivity index (χ1v) is 10.0. The van der Waals surface area contributed by atoms with Crippen molar-refractivity contribution in [3.8, 4) is 16.5 Å². The van der Waals surface area contributed by atoms with Crippen molar-refractivity contribution in [1.29, 1.82) is 0 Å². The predicted molar refractivity (Wildman–Crippen MR) is 99.6 cm³/mol. The van der Waals surface area contributed by atoms with E-state index in [4.69, 9.17) is 4.74 Å². The Morgan fingerprint density at radius 2 is 2.23 bits per heavy atom. The Bertz CT molecular complexity index is 936. The highest BCUT2D eigenvalue weighted by Gasteiger charge is 2.30. The van der Waals surface area contributed by atoms with Gasteiger partial charge in [-0.15, -0.1) is 21.5 Å². The molecule has 2 heterocycles. The molecule has 5 nitrogen and oxygen atoms in total. The Kier molecular flexibility index (Phi) is 4.78. The van der Waals surface area contributed by atoms with Crippen LogP contribution in [0.1, 0.15) is 29.2 Å². The van der Waals surface area contributed by atoms with E-state index in [0.717, 1.165) is 28.7 Å². The fourth-order valence-corrected chi connectivity index (χ4v) is 4.27. The fourth-order valence-electron chi connectivity index (χ4n) is 2.66. The summed E-state index contributed by atoms with van der Waals surface area (Å²) in [5, 5.41) is 11.3. The van der Waals surface area contributed by atoms with Gasteiger partial charge in [0.2, 0.25) is 0 Å². The first-order chi connectivity index (χ1) is 12.7. The second-order valence-electron chi connectivity index (χ2n) is 5.95. The summed E-state index contributed by atoms with van der Waals surface area (Å²) in [7, 11) is 1.39. The molecule has 4 rings (SSSR count). The lowest BCUT2D eigenvalue weighted by atomic mass is 10.1. The van der Waals surface area contributed by atoms with E-state index in [-0.39, 0.29) is 17.3 Å². The zero-order chi connectivity index (χ0) is 18.1. The molecule has 1 aromatic carbocycles. The molecule has 0 radical (unpaired) electrons. The van der Waals surface area contributed by atoms with Crippen molar-refractivity contribution in [2.45, 2.75) is 24.0 Å². The standard InChI is InChI=1S/C18H16FN3O2S2/c1-24-15-7-4-11(9-13(15)19)14(23)10-26-18-21-20-17(16-3-2-8-25-16)22(18)12-5-6-12/h2-4,7-9,12H,5-6,10H2,1H3. The summed E-state index contributed by atoms with van der Waals surface area (Å²) in [6.07, 6.45) is 2.20. The van der Waals surface area contributed by atoms with Gasteiger partial charge >= 0.3 is 0 Å². The van der Waals surface area contributed by atoms with Gasteiger partial charge in [-0.25, -0.2) is 4.39 Å². The number of hydrogen-bond acceptors (Lipinski definition) is 6. The van der Waals surface area contributed by atoms with Gasteiger partial charge in [-0.1, -0.05) is 17.8 Å². The van der Waals surface area contributed by atoms with Crippen LogP contribution < -0.4 is 4.74 Å². The van der Waals surface area contributed by atoms with Gasteiger partial charge in [0.1, 0.15) is 0 Å². The van der Waals surface area contributed by atoms with E-state index in [2.05, 4.69) is 14.8 Å². The van der Waals surface area contributed by atoms with Gasteiger partial charge in [-0.3, -0.25) is 9.36 Å². The number of benzene rings is 1. The third-order valence-corrected chi connectivity index (χ3v) is 5.93. The molecule has 2 aromatic heterocycles. The minimum atomic E-state index is -0.538. The molecule has 0 unspecified atom stereocenters. The van der Waals surface area contributed by atoms with Gasteiger partial charge in [-0.05, 0) is 42.5 Å². The molecule has 26 heavy (non-hydrogen) atoms. The summed E-state index contributed by atoms with van der Waals surface area (Å²) in [5.74, 6) is 0.474. The zero-order valence-electron chi connectivity index (χ0n) is 14.0. The first-order valence-electron chi connectivity index (χ1n) is 8.15. The second-order valence-corrected chi connectivity index (χ2v) is 7.84. The van der Waals surface area contributed by atoms with Crippen LogP contribution in [0.25, 0.3) is 10.7 Å². The van der Waals surface area contributed by atoms with E-state index < -0.39 is 5.82 Å². The van der Waals surface area contributed by atoms with E-state index in [1.54, 1.807) is 17.4 Å². The highest BCUT2D eigenvalue weighted by Crippen LogP contribution is 2.41. The lowest BCUT2D eigenvalue weighted by Gasteiger charge is -2.08. The molecule has 1 aliphatic carbocycles. The molecule has 1 aliphatic rings. The normalized spacial score (nSPS) is 13.8. The topological polar surface area (TPSA) is 57.0 Å². The summed E-state index contributed by atoms with van der Waals surface area (Å²) in [6, 6.07) is 8.67. The molecule has 0 spiro atoms. The van der Waals surface area contributed by atoms with Crippen molar-refractivity contribution in [2.24, 2.45) is 0 Å². The summed E-state index contributed by atoms with van der Waals surface area (Å²) in [5.41, 5.74) is 0.326. The van der Waals surface area contributed by atoms with E-state index in [9.17, 15) is 9.18 Å². The largest absolute Gasteiger partial charge is 0.494 e. The van der Waals surface area contributed by atoms with Crippen LogP contribution in [0.4, 0.5) is 4.39 Å². The van der Waals surface area contributed by atoms with Crippen LogP contribution in [0.3, 0.4) is 0 Å². The number of thiophene rings is 1. The Morgan fingerprint density at radius 3 is 2.88 bits per heavy atom. The molecule has 1 saturated carbocycles. The SMILES string of the molecule is COc1ccc(C(=O)CSc2nnc(-c3cccs3)n2C2CC2)cc1F. The summed E-state index contributed by atoms with van der Waals surface area (Å²) in [6.45, 7) is 0. The highest BCUT2D eigenvalue weighted by atomic mass is 32.2. The maximum absolute atomic E-state index is 13.8. The van der Waals surface area contributed by atoms with Crippen LogP contribution in [-0.2, 0) is 0 Å². The minimum absolute atomic E-state index is 0.128. The lowest BCUT2D eigenvalue weighted by molar-refractivity contribution is 0.102. The van der Waals surface area contributed by atoms with Crippen LogP contribution >= 0.6 is 23.1 Å². The number of methoxy groups -OCH3 is 1. The van der Waals surface area contributed by atoms with E-state index in [0.29, 0.717) is 11.6 Å². The number of carbonyl (C=O) groups excluding carboxylic acids is 1. The summed E-state index contributed by atoms with van der Waals surface area (Å²) >= 11 is 2.96. The number of ketones is 1. The average Bonchev–Trinajstić information content (AvgIpc) is 3.17. The molecule has 8 heteroatoms. The smallest absolute Gasteiger partial charge is 0.192 e. The number of carbonyl (C=O) groups is 1. The molecular weight excluding hydrogens is 373 g/mol. The summed E-state index contributed by atoms with van der Waals surface area (Å²) < 4.78 is 20.8. The number of ether oxygens (including phenoxy) is 1. The molecule has 0 N–H and O–H groups in total. The van der Waals surface area contributed by atoms with E-state index in [1.165, 1.54) is 31.0 Å². The van der Waals surface area contributed by atoms with Gasteiger partial charge in [0.05, 0.1) is 17.7 Å². The van der Waals surface area contributed by atoms with Crippen molar-refractivity contribution < 1.29 is 13.9 Å². The van der Waals surface area contributed by atoms with Crippen LogP contribution in [0.5, 0.6) is 5.75 Å². The molecule has 134 valence electrons. The van der Waals surface area contributed by atoms with Crippen molar-refractivity contribution in [1.82, 2.24) is 14.8 Å². The monoisotopic (exact) mass is 389 g/mol. The minimum Gasteiger partial charge on any atom is -0.494 e. The number of nitrogens with zero attached hydrogens (tertiary/aromatic N) is 3. The third kappa shape index (κ3) is 3.39. The first kappa shape index (κ1) is 17.2. The molecule has 3 aromatic rings. The number of hydrogen-bond donors (Lipinski definition) is 0. The molecule has 0 saturated heterocycles. The number of aromatic nitrogens is 3. The average molecular weight is 389 g/mol. The van der Waals surface area contributed by atoms with Crippen molar-refractivity contribution in [3.63, 3.8) is 0 Å². The van der Waals surface area contributed by atoms with Crippen molar-refractivity contribution in [3.05, 3.63) is 47.1 Å². The van der Waals surface area contributed by atoms with Gasteiger partial charge in [0, 0.05) is 11.6 Å². The number of thioether (sulfide) groups is 1. The van der Waals surface area contributed by atoms with Crippen molar-refractivity contribution >= 4 is 28.9 Å². The van der Waals surface area contributed by atoms with Crippen LogP contribution in [-0.4, -0.2) is 33.4 Å². The van der Waals surface area contributed by atoms with Gasteiger partial charge < -0.3 is 4.74 Å². The fraction of sp³-hybridized carbons (Fsp3) is 0.278. The number of rotatable bonds is 7. The van der Waals surface area contributed by atoms with Gasteiger partial charge in [0.25, 0.3) is 0 Å². The Balaban J connectivity index is 1.51.